The Kier molecular flexibility index (Phi) is 14.2. The van der Waals surface area contributed by atoms with E-state index in [4.69, 9.17) is 0 Å². The van der Waals surface area contributed by atoms with Gasteiger partial charge < -0.3 is 0 Å². The van der Waals surface area contributed by atoms with Crippen LogP contribution in [-0.2, 0) is 0 Å². The highest BCUT2D eigenvalue weighted by Gasteiger charge is 2.06. The summed E-state index contributed by atoms with van der Waals surface area (Å²) < 4.78 is 0. The van der Waals surface area contributed by atoms with Gasteiger partial charge in [-0.1, -0.05) is 103 Å². The van der Waals surface area contributed by atoms with E-state index in [-0.39, 0.29) is 0 Å². The van der Waals surface area contributed by atoms with Crippen molar-refractivity contribution in [3.8, 4) is 0 Å². The highest BCUT2D eigenvalue weighted by atomic mass is 14.8. The van der Waals surface area contributed by atoms with Crippen molar-refractivity contribution in [2.75, 3.05) is 6.54 Å². The molecule has 0 radical (unpaired) electrons. The first-order valence-corrected chi connectivity index (χ1v) is 11.0. The molecule has 1 heterocycles. The molecule has 0 N–H and O–H groups in total. The van der Waals surface area contributed by atoms with Gasteiger partial charge in [-0.2, -0.15) is 0 Å². The summed E-state index contributed by atoms with van der Waals surface area (Å²) in [4.78, 5) is 4.46. The van der Waals surface area contributed by atoms with Crippen molar-refractivity contribution in [2.45, 2.75) is 123 Å². The van der Waals surface area contributed by atoms with Crippen LogP contribution in [0.3, 0.4) is 0 Å². The van der Waals surface area contributed by atoms with Crippen molar-refractivity contribution in [2.24, 2.45) is 4.99 Å². The molecule has 0 aromatic rings. The monoisotopic (exact) mass is 333 g/mol. The van der Waals surface area contributed by atoms with Gasteiger partial charge in [0, 0.05) is 12.3 Å². The Morgan fingerprint density at radius 3 is 1.58 bits per heavy atom. The lowest BCUT2D eigenvalue weighted by atomic mass is 10.0. The normalized spacial score (nSPS) is 16.1. The summed E-state index contributed by atoms with van der Waals surface area (Å²) in [6.07, 6.45) is 26.6. The van der Waals surface area contributed by atoms with E-state index in [1.165, 1.54) is 120 Å². The van der Waals surface area contributed by atoms with E-state index in [2.05, 4.69) is 24.9 Å². The second-order valence-corrected chi connectivity index (χ2v) is 7.68. The third-order valence-corrected chi connectivity index (χ3v) is 5.39. The van der Waals surface area contributed by atoms with Gasteiger partial charge in [-0.25, -0.2) is 0 Å². The van der Waals surface area contributed by atoms with Gasteiger partial charge in [0.25, 0.3) is 0 Å². The van der Waals surface area contributed by atoms with Crippen LogP contribution in [0.4, 0.5) is 0 Å². The average Bonchev–Trinajstić information content (AvgIpc) is 2.99. The second kappa shape index (κ2) is 15.9. The van der Waals surface area contributed by atoms with Crippen molar-refractivity contribution in [1.29, 1.82) is 0 Å². The van der Waals surface area contributed by atoms with E-state index in [9.17, 15) is 0 Å². The molecule has 0 unspecified atom stereocenters. The first-order chi connectivity index (χ1) is 11.8. The smallest absolute Gasteiger partial charge is 0.0433 e. The molecule has 0 fully saturated rings. The molecule has 140 valence electrons. The minimum Gasteiger partial charge on any atom is -0.289 e. The van der Waals surface area contributed by atoms with Crippen molar-refractivity contribution < 1.29 is 0 Å². The summed E-state index contributed by atoms with van der Waals surface area (Å²) in [6.45, 7) is 5.48. The van der Waals surface area contributed by atoms with E-state index < -0.39 is 0 Å². The summed E-state index contributed by atoms with van der Waals surface area (Å²) in [6, 6.07) is 0. The van der Waals surface area contributed by atoms with Gasteiger partial charge in [-0.05, 0) is 31.8 Å². The van der Waals surface area contributed by atoms with Crippen LogP contribution >= 0.6 is 0 Å². The van der Waals surface area contributed by atoms with E-state index >= 15 is 0 Å². The fourth-order valence-electron chi connectivity index (χ4n) is 3.67. The zero-order chi connectivity index (χ0) is 17.3. The molecule has 0 amide bonds. The molecule has 1 aliphatic heterocycles. The maximum absolute atomic E-state index is 4.46. The fraction of sp³-hybridized carbons (Fsp3) is 0.870. The number of hydrogen-bond acceptors (Lipinski definition) is 1. The Morgan fingerprint density at radius 2 is 1.17 bits per heavy atom. The largest absolute Gasteiger partial charge is 0.289 e. The van der Waals surface area contributed by atoms with Crippen LogP contribution in [0.15, 0.2) is 16.6 Å². The Labute approximate surface area is 152 Å². The molecular weight excluding hydrogens is 290 g/mol. The first-order valence-electron chi connectivity index (χ1n) is 11.0. The Bertz CT molecular complexity index is 340. The summed E-state index contributed by atoms with van der Waals surface area (Å²) >= 11 is 0. The SMILES string of the molecule is CCCCCCCCCCCCCCCCC/C=C1/CCN=C1C. The molecule has 0 atom stereocenters. The van der Waals surface area contributed by atoms with Crippen molar-refractivity contribution >= 4 is 5.71 Å². The number of unbranched alkanes of at least 4 members (excludes halogenated alkanes) is 15. The van der Waals surface area contributed by atoms with Gasteiger partial charge in [0.15, 0.2) is 0 Å². The number of nitrogens with zero attached hydrogens (tertiary/aromatic N) is 1. The maximum Gasteiger partial charge on any atom is 0.0433 e. The van der Waals surface area contributed by atoms with E-state index in [1.807, 2.05) is 0 Å². The van der Waals surface area contributed by atoms with Crippen LogP contribution in [0.25, 0.3) is 0 Å². The zero-order valence-corrected chi connectivity index (χ0v) is 16.8. The highest BCUT2D eigenvalue weighted by Crippen LogP contribution is 2.16. The quantitative estimate of drug-likeness (QED) is 0.253. The molecule has 1 heteroatoms. The molecule has 0 bridgehead atoms. The summed E-state index contributed by atoms with van der Waals surface area (Å²) in [5.74, 6) is 0. The van der Waals surface area contributed by atoms with Crippen LogP contribution in [0.2, 0.25) is 0 Å². The number of allylic oxidation sites excluding steroid dienone is 1. The summed E-state index contributed by atoms with van der Waals surface area (Å²) in [7, 11) is 0. The standard InChI is InChI=1S/C23H43N/c1-3-4-5-6-7-8-9-10-11-12-13-14-15-16-17-18-19-23-20-21-24-22(23)2/h19H,3-18,20-21H2,1-2H3/b23-19-. The highest BCUT2D eigenvalue weighted by molar-refractivity contribution is 5.99. The summed E-state index contributed by atoms with van der Waals surface area (Å²) in [5, 5.41) is 0. The van der Waals surface area contributed by atoms with Crippen LogP contribution in [0, 0.1) is 0 Å². The molecule has 0 saturated heterocycles. The lowest BCUT2D eigenvalue weighted by Gasteiger charge is -2.03. The molecule has 0 aromatic carbocycles. The van der Waals surface area contributed by atoms with Gasteiger partial charge in [0.2, 0.25) is 0 Å². The number of rotatable bonds is 16. The third kappa shape index (κ3) is 11.9. The first kappa shape index (κ1) is 21.5. The Morgan fingerprint density at radius 1 is 0.708 bits per heavy atom. The molecule has 0 aliphatic carbocycles. The van der Waals surface area contributed by atoms with Gasteiger partial charge >= 0.3 is 0 Å². The maximum atomic E-state index is 4.46. The molecule has 0 saturated carbocycles. The van der Waals surface area contributed by atoms with Crippen LogP contribution < -0.4 is 0 Å². The molecule has 1 rings (SSSR count). The van der Waals surface area contributed by atoms with Gasteiger partial charge in [0.1, 0.15) is 0 Å². The van der Waals surface area contributed by atoms with E-state index in [0.717, 1.165) is 6.54 Å². The fourth-order valence-corrected chi connectivity index (χ4v) is 3.67. The second-order valence-electron chi connectivity index (χ2n) is 7.68. The average molecular weight is 334 g/mol. The van der Waals surface area contributed by atoms with Crippen molar-refractivity contribution in [1.82, 2.24) is 0 Å². The van der Waals surface area contributed by atoms with Gasteiger partial charge in [-0.15, -0.1) is 0 Å². The minimum atomic E-state index is 1.02. The van der Waals surface area contributed by atoms with Crippen molar-refractivity contribution in [3.63, 3.8) is 0 Å². The molecule has 0 spiro atoms. The minimum absolute atomic E-state index is 1.02. The molecule has 1 nitrogen and oxygen atoms in total. The van der Waals surface area contributed by atoms with Crippen LogP contribution in [-0.4, -0.2) is 12.3 Å². The number of aliphatic imine (C=N–C) groups is 1. The number of hydrogen-bond donors (Lipinski definition) is 0. The van der Waals surface area contributed by atoms with Crippen LogP contribution in [0.5, 0.6) is 0 Å². The summed E-state index contributed by atoms with van der Waals surface area (Å²) in [5.41, 5.74) is 2.80. The van der Waals surface area contributed by atoms with Gasteiger partial charge in [-0.3, -0.25) is 4.99 Å². The molecule has 24 heavy (non-hydrogen) atoms. The van der Waals surface area contributed by atoms with Gasteiger partial charge in [0.05, 0.1) is 0 Å². The Hall–Kier alpha value is -0.590. The van der Waals surface area contributed by atoms with Crippen LogP contribution in [0.1, 0.15) is 123 Å². The molecular formula is C23H43N. The van der Waals surface area contributed by atoms with Crippen molar-refractivity contribution in [3.05, 3.63) is 11.6 Å². The molecule has 0 aromatic heterocycles. The zero-order valence-electron chi connectivity index (χ0n) is 16.8. The molecule has 1 aliphatic rings. The third-order valence-electron chi connectivity index (χ3n) is 5.39. The lowest BCUT2D eigenvalue weighted by molar-refractivity contribution is 0.533. The van der Waals surface area contributed by atoms with E-state index in [1.54, 1.807) is 0 Å². The van der Waals surface area contributed by atoms with E-state index in [0.29, 0.717) is 0 Å². The lowest BCUT2D eigenvalue weighted by Crippen LogP contribution is -1.89. The topological polar surface area (TPSA) is 12.4 Å². The predicted octanol–water partition coefficient (Wildman–Crippen LogP) is 8.04. The Balaban J connectivity index is 1.73. The predicted molar refractivity (Wildman–Crippen MR) is 110 cm³/mol.